The smallest absolute Gasteiger partial charge is 0.256 e. The Morgan fingerprint density at radius 2 is 1.90 bits per heavy atom. The van der Waals surface area contributed by atoms with E-state index in [1.54, 1.807) is 50.3 Å². The van der Waals surface area contributed by atoms with Crippen LogP contribution in [0.15, 0.2) is 45.7 Å². The number of hydrazine groups is 2. The number of nitrogens with zero attached hydrogens (tertiary/aromatic N) is 3. The monoisotopic (exact) mass is 590 g/mol. The van der Waals surface area contributed by atoms with Crippen molar-refractivity contribution in [2.45, 2.75) is 40.3 Å². The van der Waals surface area contributed by atoms with Crippen LogP contribution >= 0.6 is 11.6 Å². The fourth-order valence-corrected chi connectivity index (χ4v) is 4.49. The van der Waals surface area contributed by atoms with E-state index in [-0.39, 0.29) is 54.1 Å². The molecule has 5 N–H and O–H groups in total. The van der Waals surface area contributed by atoms with Crippen LogP contribution in [0.5, 0.6) is 0 Å². The number of halogens is 1. The van der Waals surface area contributed by atoms with Crippen LogP contribution in [0, 0.1) is 5.41 Å². The number of aliphatic hydroxyl groups excluding tert-OH is 1. The average Bonchev–Trinajstić information content (AvgIpc) is 3.25. The Labute approximate surface area is 244 Å². The second kappa shape index (κ2) is 13.6. The quantitative estimate of drug-likeness (QED) is 0.0726. The normalized spacial score (nSPS) is 15.0. The largest absolute Gasteiger partial charge is 0.513 e. The van der Waals surface area contributed by atoms with E-state index in [1.807, 2.05) is 20.8 Å². The highest BCUT2D eigenvalue weighted by Gasteiger charge is 2.34. The third-order valence-electron chi connectivity index (χ3n) is 6.71. The molecule has 13 heteroatoms. The Morgan fingerprint density at radius 3 is 2.54 bits per heavy atom. The maximum Gasteiger partial charge on any atom is 0.256 e. The molecular weight excluding hydrogens is 552 g/mol. The number of carbonyl (C=O) groups is 1. The van der Waals surface area contributed by atoms with Gasteiger partial charge in [0.15, 0.2) is 0 Å². The van der Waals surface area contributed by atoms with Crippen molar-refractivity contribution in [3.05, 3.63) is 72.7 Å². The van der Waals surface area contributed by atoms with Crippen LogP contribution in [0.3, 0.4) is 0 Å². The average molecular weight is 591 g/mol. The molecule has 0 saturated heterocycles. The van der Waals surface area contributed by atoms with Crippen LogP contribution in [0.25, 0.3) is 0 Å². The highest BCUT2D eigenvalue weighted by atomic mass is 35.5. The van der Waals surface area contributed by atoms with Crippen molar-refractivity contribution in [3.8, 4) is 0 Å². The van der Waals surface area contributed by atoms with Gasteiger partial charge in [-0.05, 0) is 30.5 Å². The van der Waals surface area contributed by atoms with Crippen molar-refractivity contribution < 1.29 is 19.8 Å². The molecule has 1 aliphatic heterocycles. The first-order valence-electron chi connectivity index (χ1n) is 13.2. The SMILES string of the molecule is COCCNN(C)N(O)CCN1Cc2c(Cl)ccc(Nc3c(N[C@@H](/C=C/C=C(/C)O)C(C)(C)C)c(=O)c3=O)c2C1=O. The zero-order chi connectivity index (χ0) is 30.5. The van der Waals surface area contributed by atoms with Gasteiger partial charge in [-0.15, -0.1) is 5.17 Å². The van der Waals surface area contributed by atoms with Crippen LogP contribution < -0.4 is 26.9 Å². The van der Waals surface area contributed by atoms with E-state index in [1.165, 1.54) is 11.2 Å². The number of ether oxygens (including phenoxy) is 1. The third-order valence-corrected chi connectivity index (χ3v) is 7.07. The first-order chi connectivity index (χ1) is 19.3. The zero-order valence-electron chi connectivity index (χ0n) is 24.2. The molecule has 1 atom stereocenters. The van der Waals surface area contributed by atoms with E-state index in [9.17, 15) is 24.7 Å². The number of aliphatic hydroxyl groups is 1. The Morgan fingerprint density at radius 1 is 1.22 bits per heavy atom. The molecule has 2 aromatic rings. The second-order valence-electron chi connectivity index (χ2n) is 10.9. The minimum atomic E-state index is -0.693. The summed E-state index contributed by atoms with van der Waals surface area (Å²) in [4.78, 5) is 40.2. The molecule has 0 spiro atoms. The number of hydrogen-bond donors (Lipinski definition) is 5. The lowest BCUT2D eigenvalue weighted by atomic mass is 9.86. The molecule has 1 amide bonds. The van der Waals surface area contributed by atoms with Crippen LogP contribution in [-0.4, -0.2) is 77.9 Å². The van der Waals surface area contributed by atoms with Crippen molar-refractivity contribution in [1.29, 1.82) is 0 Å². The van der Waals surface area contributed by atoms with Gasteiger partial charge in [-0.2, -0.15) is 5.12 Å². The van der Waals surface area contributed by atoms with E-state index in [4.69, 9.17) is 16.3 Å². The Bertz CT molecular complexity index is 1370. The van der Waals surface area contributed by atoms with Crippen molar-refractivity contribution in [2.75, 3.05) is 51.0 Å². The first kappa shape index (κ1) is 32.3. The number of hydroxylamine groups is 1. The van der Waals surface area contributed by atoms with Crippen LogP contribution in [0.4, 0.5) is 17.1 Å². The highest BCUT2D eigenvalue weighted by Crippen LogP contribution is 2.37. The van der Waals surface area contributed by atoms with E-state index in [0.29, 0.717) is 35.0 Å². The van der Waals surface area contributed by atoms with Gasteiger partial charge in [0, 0.05) is 50.4 Å². The van der Waals surface area contributed by atoms with Gasteiger partial charge < -0.3 is 25.4 Å². The van der Waals surface area contributed by atoms with Gasteiger partial charge in [0.2, 0.25) is 0 Å². The first-order valence-corrected chi connectivity index (χ1v) is 13.6. The molecule has 41 heavy (non-hydrogen) atoms. The number of benzene rings is 1. The maximum absolute atomic E-state index is 13.4. The van der Waals surface area contributed by atoms with Gasteiger partial charge in [0.05, 0.1) is 30.2 Å². The third kappa shape index (κ3) is 7.73. The number of nitrogens with one attached hydrogen (secondary N) is 3. The highest BCUT2D eigenvalue weighted by molar-refractivity contribution is 6.32. The lowest BCUT2D eigenvalue weighted by molar-refractivity contribution is -0.257. The predicted molar refractivity (Wildman–Crippen MR) is 159 cm³/mol. The summed E-state index contributed by atoms with van der Waals surface area (Å²) in [6, 6.07) is 2.89. The molecule has 12 nitrogen and oxygen atoms in total. The Kier molecular flexibility index (Phi) is 10.7. The molecule has 1 heterocycles. The van der Waals surface area contributed by atoms with Crippen molar-refractivity contribution in [3.63, 3.8) is 0 Å². The van der Waals surface area contributed by atoms with E-state index >= 15 is 0 Å². The molecule has 0 saturated carbocycles. The molecule has 0 radical (unpaired) electrons. The summed E-state index contributed by atoms with van der Waals surface area (Å²) in [5.41, 5.74) is 2.70. The van der Waals surface area contributed by atoms with Gasteiger partial charge in [0.1, 0.15) is 11.4 Å². The number of rotatable bonds is 14. The van der Waals surface area contributed by atoms with Gasteiger partial charge in [-0.1, -0.05) is 44.5 Å². The predicted octanol–water partition coefficient (Wildman–Crippen LogP) is 3.17. The molecule has 224 valence electrons. The standard InChI is InChI=1S/C28H39ClN6O6/c1-17(36)8-7-9-21(28(2,3)4)32-24-23(25(37)26(24)38)31-20-11-10-19(29)18-16-34(27(39)22(18)20)13-14-35(40)33(5)30-12-15-41-6/h7-11,21,30-32,36,40H,12-16H2,1-6H3/b9-7+,17-8-/t21-/m0/s1. The molecule has 3 rings (SSSR count). The summed E-state index contributed by atoms with van der Waals surface area (Å²) in [6.45, 7) is 8.97. The van der Waals surface area contributed by atoms with Gasteiger partial charge >= 0.3 is 0 Å². The molecular formula is C28H39ClN6O6. The molecule has 0 fully saturated rings. The summed E-state index contributed by atoms with van der Waals surface area (Å²) in [6.07, 6.45) is 5.01. The number of allylic oxidation sites excluding steroid dienone is 3. The van der Waals surface area contributed by atoms with Gasteiger partial charge in [0.25, 0.3) is 16.8 Å². The van der Waals surface area contributed by atoms with E-state index in [2.05, 4.69) is 16.1 Å². The molecule has 0 unspecified atom stereocenters. The van der Waals surface area contributed by atoms with Crippen LogP contribution in [0.2, 0.25) is 5.02 Å². The summed E-state index contributed by atoms with van der Waals surface area (Å²) < 4.78 is 4.98. The number of amides is 1. The van der Waals surface area contributed by atoms with Crippen molar-refractivity contribution in [2.24, 2.45) is 5.41 Å². The van der Waals surface area contributed by atoms with Gasteiger partial charge in [-0.25, -0.2) is 5.43 Å². The number of anilines is 3. The molecule has 0 aromatic heterocycles. The summed E-state index contributed by atoms with van der Waals surface area (Å²) >= 11 is 6.44. The second-order valence-corrected chi connectivity index (χ2v) is 11.3. The zero-order valence-corrected chi connectivity index (χ0v) is 25.0. The summed E-state index contributed by atoms with van der Waals surface area (Å²) in [5, 5.41) is 28.7. The fraction of sp³-hybridized carbons (Fsp3) is 0.464. The number of carbonyl (C=O) groups excluding carboxylic acids is 1. The van der Waals surface area contributed by atoms with E-state index in [0.717, 1.165) is 5.17 Å². The topological polar surface area (TPSA) is 147 Å². The Hall–Kier alpha value is -3.26. The Balaban J connectivity index is 1.79. The number of methoxy groups -OCH3 is 1. The number of hydrogen-bond acceptors (Lipinski definition) is 11. The summed E-state index contributed by atoms with van der Waals surface area (Å²) in [5.74, 6) is -0.179. The van der Waals surface area contributed by atoms with Crippen LogP contribution in [-0.2, 0) is 11.3 Å². The number of fused-ring (bicyclic) bond motifs is 1. The minimum Gasteiger partial charge on any atom is -0.513 e. The molecule has 1 aliphatic rings. The fourth-order valence-electron chi connectivity index (χ4n) is 4.28. The summed E-state index contributed by atoms with van der Waals surface area (Å²) in [7, 11) is 3.21. The van der Waals surface area contributed by atoms with E-state index < -0.39 is 10.9 Å². The van der Waals surface area contributed by atoms with Gasteiger partial charge in [-0.3, -0.25) is 19.6 Å². The molecule has 0 aliphatic carbocycles. The lowest BCUT2D eigenvalue weighted by Crippen LogP contribution is -2.50. The molecule has 2 aromatic carbocycles. The van der Waals surface area contributed by atoms with Crippen molar-refractivity contribution >= 4 is 34.6 Å². The van der Waals surface area contributed by atoms with Crippen LogP contribution in [0.1, 0.15) is 43.6 Å². The minimum absolute atomic E-state index is 0.0626. The lowest BCUT2D eigenvalue weighted by Gasteiger charge is -2.31. The van der Waals surface area contributed by atoms with Crippen molar-refractivity contribution in [1.82, 2.24) is 20.6 Å². The maximum atomic E-state index is 13.4. The molecule has 0 bridgehead atoms.